The first-order valence-electron chi connectivity index (χ1n) is 14.5. The average molecular weight is 613 g/mol. The molecule has 1 aliphatic heterocycles. The van der Waals surface area contributed by atoms with Crippen molar-refractivity contribution in [2.45, 2.75) is 104 Å². The van der Waals surface area contributed by atoms with Gasteiger partial charge in [-0.2, -0.15) is 0 Å². The molecule has 1 saturated heterocycles. The van der Waals surface area contributed by atoms with Crippen LogP contribution in [0.15, 0.2) is 0 Å². The minimum absolute atomic E-state index is 0.0221. The van der Waals surface area contributed by atoms with Crippen molar-refractivity contribution in [3.05, 3.63) is 0 Å². The van der Waals surface area contributed by atoms with E-state index in [1.165, 1.54) is 14.2 Å². The zero-order valence-electron chi connectivity index (χ0n) is 27.3. The number of methoxy groups -OCH3 is 2. The quantitative estimate of drug-likeness (QED) is 0.102. The molecule has 0 aromatic heterocycles. The van der Waals surface area contributed by atoms with Gasteiger partial charge in [0.15, 0.2) is 0 Å². The van der Waals surface area contributed by atoms with Gasteiger partial charge in [-0.1, -0.05) is 27.7 Å². The topological polar surface area (TPSA) is 155 Å². The van der Waals surface area contributed by atoms with Gasteiger partial charge in [-0.05, 0) is 40.5 Å². The van der Waals surface area contributed by atoms with Crippen LogP contribution < -0.4 is 0 Å². The third-order valence-corrected chi connectivity index (χ3v) is 6.29. The second-order valence-electron chi connectivity index (χ2n) is 10.1. The van der Waals surface area contributed by atoms with E-state index < -0.39 is 35.7 Å². The first-order chi connectivity index (χ1) is 20.0. The molecule has 42 heavy (non-hydrogen) atoms. The molecule has 0 aromatic rings. The van der Waals surface area contributed by atoms with Crippen molar-refractivity contribution in [1.82, 2.24) is 0 Å². The van der Waals surface area contributed by atoms with Crippen molar-refractivity contribution in [3.8, 4) is 0 Å². The second kappa shape index (κ2) is 24.4. The van der Waals surface area contributed by atoms with E-state index in [0.717, 1.165) is 0 Å². The third-order valence-electron chi connectivity index (χ3n) is 6.29. The van der Waals surface area contributed by atoms with E-state index in [1.807, 2.05) is 41.5 Å². The molecule has 5 atom stereocenters. The summed E-state index contributed by atoms with van der Waals surface area (Å²) in [7, 11) is 2.99. The summed E-state index contributed by atoms with van der Waals surface area (Å²) in [5.74, 6) is -0.124. The molecule has 1 N–H and O–H groups in total. The molecular formula is C29H56O13. The highest BCUT2D eigenvalue weighted by atomic mass is 16.8. The minimum Gasteiger partial charge on any atom is -0.465 e. The molecule has 0 aromatic carbocycles. The Kier molecular flexibility index (Phi) is 24.5. The summed E-state index contributed by atoms with van der Waals surface area (Å²) >= 11 is 0. The highest BCUT2D eigenvalue weighted by molar-refractivity contribution is 5.61. The van der Waals surface area contributed by atoms with Crippen molar-refractivity contribution in [1.29, 1.82) is 0 Å². The molecule has 13 nitrogen and oxygen atoms in total. The Balaban J connectivity index is 0. The van der Waals surface area contributed by atoms with Gasteiger partial charge in [0.2, 0.25) is 0 Å². The number of cyclic esters (lactones) is 2. The Hall–Kier alpha value is -2.03. The van der Waals surface area contributed by atoms with Crippen LogP contribution in [0.1, 0.15) is 68.2 Å². The molecule has 0 radical (unpaired) electrons. The van der Waals surface area contributed by atoms with Crippen LogP contribution in [0.5, 0.6) is 0 Å². The highest BCUT2D eigenvalue weighted by Gasteiger charge is 2.34. The number of hydrogen-bond donors (Lipinski definition) is 1. The van der Waals surface area contributed by atoms with Crippen molar-refractivity contribution >= 4 is 19.1 Å². The van der Waals surface area contributed by atoms with Crippen LogP contribution in [0.3, 0.4) is 0 Å². The van der Waals surface area contributed by atoms with E-state index in [1.54, 1.807) is 13.8 Å². The van der Waals surface area contributed by atoms with E-state index in [0.29, 0.717) is 25.8 Å². The van der Waals surface area contributed by atoms with Gasteiger partial charge in [-0.25, -0.2) is 4.79 Å². The first-order valence-corrected chi connectivity index (χ1v) is 14.5. The number of carbonyl (C=O) groups is 3. The summed E-state index contributed by atoms with van der Waals surface area (Å²) in [6.07, 6.45) is -1.98. The lowest BCUT2D eigenvalue weighted by atomic mass is 9.99. The minimum atomic E-state index is -0.994. The van der Waals surface area contributed by atoms with Gasteiger partial charge in [0.1, 0.15) is 37.6 Å². The van der Waals surface area contributed by atoms with E-state index in [4.69, 9.17) is 42.6 Å². The van der Waals surface area contributed by atoms with Crippen molar-refractivity contribution in [2.75, 3.05) is 60.5 Å². The molecule has 1 heterocycles. The number of aliphatic hydroxyl groups is 1. The molecule has 0 aliphatic carbocycles. The number of rotatable bonds is 23. The molecule has 250 valence electrons. The predicted molar refractivity (Wildman–Crippen MR) is 154 cm³/mol. The van der Waals surface area contributed by atoms with Crippen LogP contribution in [-0.2, 0) is 52.2 Å². The zero-order valence-corrected chi connectivity index (χ0v) is 27.3. The average Bonchev–Trinajstić information content (AvgIpc) is 3.40. The van der Waals surface area contributed by atoms with Crippen LogP contribution >= 0.6 is 0 Å². The van der Waals surface area contributed by atoms with Crippen molar-refractivity contribution in [2.24, 2.45) is 5.92 Å². The number of aliphatic hydroxyl groups excluding tert-OH is 1. The number of ether oxygens (including phenoxy) is 9. The molecular weight excluding hydrogens is 556 g/mol. The van der Waals surface area contributed by atoms with Gasteiger partial charge >= 0.3 is 6.16 Å². The molecule has 0 bridgehead atoms. The van der Waals surface area contributed by atoms with Gasteiger partial charge in [0, 0.05) is 20.1 Å². The largest absolute Gasteiger partial charge is 0.508 e. The number of carbonyl (C=O) groups excluding carboxylic acids is 3. The fourth-order valence-corrected chi connectivity index (χ4v) is 3.59. The Morgan fingerprint density at radius 3 is 2.07 bits per heavy atom. The van der Waals surface area contributed by atoms with Gasteiger partial charge in [0.25, 0.3) is 12.9 Å². The maximum absolute atomic E-state index is 11.2. The highest BCUT2D eigenvalue weighted by Crippen LogP contribution is 2.23. The molecule has 1 aliphatic rings. The standard InChI is InChI=1S/C25H44O13.2C2H6/c1-24(2,37-13-20(11-30-5)35-17-27)21(28)14-32-9-18(7-8-19-12-34-23(29)38-19)10-36-25(3,4)22(31-6)15-33-16-26;2*1-2/h16-22,28H,7-15H2,1-6H3;2*1-2H3. The second-order valence-corrected chi connectivity index (χ2v) is 10.1. The zero-order chi connectivity index (χ0) is 32.6. The number of hydrogen-bond acceptors (Lipinski definition) is 13. The predicted octanol–water partition coefficient (Wildman–Crippen LogP) is 3.31. The summed E-state index contributed by atoms with van der Waals surface area (Å²) in [5.41, 5.74) is -1.78. The monoisotopic (exact) mass is 612 g/mol. The summed E-state index contributed by atoms with van der Waals surface area (Å²) < 4.78 is 47.9. The summed E-state index contributed by atoms with van der Waals surface area (Å²) in [4.78, 5) is 32.5. The third kappa shape index (κ3) is 17.8. The van der Waals surface area contributed by atoms with Crippen LogP contribution in [0.2, 0.25) is 0 Å². The fraction of sp³-hybridized carbons (Fsp3) is 0.897. The van der Waals surface area contributed by atoms with Crippen LogP contribution in [0, 0.1) is 5.92 Å². The Morgan fingerprint density at radius 1 is 0.905 bits per heavy atom. The van der Waals surface area contributed by atoms with Gasteiger partial charge in [-0.15, -0.1) is 0 Å². The van der Waals surface area contributed by atoms with Crippen molar-refractivity contribution in [3.63, 3.8) is 0 Å². The van der Waals surface area contributed by atoms with E-state index in [2.05, 4.69) is 0 Å². The smallest absolute Gasteiger partial charge is 0.465 e. The SMILES string of the molecule is CC.CC.COCC(COC(C)(C)C(O)COCC(CCC1COC(=O)O1)COC(C)(C)C(COC=O)OC)OC=O. The summed E-state index contributed by atoms with van der Waals surface area (Å²) in [6, 6.07) is 0. The van der Waals surface area contributed by atoms with Gasteiger partial charge in [0.05, 0.1) is 44.2 Å². The fourth-order valence-electron chi connectivity index (χ4n) is 3.59. The summed E-state index contributed by atoms with van der Waals surface area (Å²) in [5, 5.41) is 10.7. The molecule has 13 heteroatoms. The van der Waals surface area contributed by atoms with Crippen LogP contribution in [0.4, 0.5) is 4.79 Å². The summed E-state index contributed by atoms with van der Waals surface area (Å²) in [6.45, 7) is 16.7. The Morgan fingerprint density at radius 2 is 1.55 bits per heavy atom. The normalized spacial score (nSPS) is 17.6. The lowest BCUT2D eigenvalue weighted by Gasteiger charge is -2.34. The molecule has 0 spiro atoms. The van der Waals surface area contributed by atoms with E-state index >= 15 is 0 Å². The Bertz CT molecular complexity index is 686. The van der Waals surface area contributed by atoms with Gasteiger partial charge < -0.3 is 47.7 Å². The van der Waals surface area contributed by atoms with Gasteiger partial charge in [-0.3, -0.25) is 9.59 Å². The lowest BCUT2D eigenvalue weighted by molar-refractivity contribution is -0.165. The maximum atomic E-state index is 11.2. The van der Waals surface area contributed by atoms with Crippen LogP contribution in [-0.4, -0.2) is 120 Å². The molecule has 1 fully saturated rings. The molecule has 0 saturated carbocycles. The van der Waals surface area contributed by atoms with E-state index in [9.17, 15) is 19.5 Å². The lowest BCUT2D eigenvalue weighted by Crippen LogP contribution is -2.45. The molecule has 1 rings (SSSR count). The first kappa shape index (κ1) is 42.1. The maximum Gasteiger partial charge on any atom is 0.508 e. The Labute approximate surface area is 251 Å². The van der Waals surface area contributed by atoms with Crippen molar-refractivity contribution < 1.29 is 62.1 Å². The molecule has 0 amide bonds. The van der Waals surface area contributed by atoms with Crippen LogP contribution in [0.25, 0.3) is 0 Å². The molecule has 5 unspecified atom stereocenters. The van der Waals surface area contributed by atoms with E-state index in [-0.39, 0.29) is 58.3 Å².